The summed E-state index contributed by atoms with van der Waals surface area (Å²) in [4.78, 5) is 0. The SMILES string of the molecule is CNC(C)C1CCC(N)CO1. The first-order chi connectivity index (χ1) is 5.24. The van der Waals surface area contributed by atoms with Gasteiger partial charge in [-0.05, 0) is 26.8 Å². The first kappa shape index (κ1) is 8.97. The first-order valence-corrected chi connectivity index (χ1v) is 4.28. The second-order valence-corrected chi connectivity index (χ2v) is 3.29. The molecule has 11 heavy (non-hydrogen) atoms. The Morgan fingerprint density at radius 1 is 1.55 bits per heavy atom. The standard InChI is InChI=1S/C8H18N2O/c1-6(10-2)8-4-3-7(9)5-11-8/h6-8,10H,3-5,9H2,1-2H3. The van der Waals surface area contributed by atoms with Crippen molar-refractivity contribution in [2.45, 2.75) is 38.0 Å². The predicted molar refractivity (Wildman–Crippen MR) is 45.5 cm³/mol. The summed E-state index contributed by atoms with van der Waals surface area (Å²) in [6, 6.07) is 0.706. The van der Waals surface area contributed by atoms with E-state index < -0.39 is 0 Å². The van der Waals surface area contributed by atoms with Crippen LogP contribution in [0, 0.1) is 0 Å². The highest BCUT2D eigenvalue weighted by Gasteiger charge is 2.22. The van der Waals surface area contributed by atoms with E-state index in [1.807, 2.05) is 7.05 Å². The molecule has 1 rings (SSSR count). The molecule has 1 heterocycles. The first-order valence-electron chi connectivity index (χ1n) is 4.28. The van der Waals surface area contributed by atoms with E-state index in [1.54, 1.807) is 0 Å². The molecule has 3 heteroatoms. The lowest BCUT2D eigenvalue weighted by Crippen LogP contribution is -2.44. The van der Waals surface area contributed by atoms with Gasteiger partial charge in [-0.2, -0.15) is 0 Å². The number of nitrogens with one attached hydrogen (secondary N) is 1. The number of nitrogens with two attached hydrogens (primary N) is 1. The van der Waals surface area contributed by atoms with E-state index in [9.17, 15) is 0 Å². The molecule has 0 aromatic carbocycles. The van der Waals surface area contributed by atoms with Gasteiger partial charge in [-0.15, -0.1) is 0 Å². The van der Waals surface area contributed by atoms with Crippen LogP contribution < -0.4 is 11.1 Å². The highest BCUT2D eigenvalue weighted by Crippen LogP contribution is 2.14. The topological polar surface area (TPSA) is 47.3 Å². The van der Waals surface area contributed by atoms with Crippen molar-refractivity contribution in [1.29, 1.82) is 0 Å². The van der Waals surface area contributed by atoms with E-state index in [4.69, 9.17) is 10.5 Å². The Balaban J connectivity index is 2.27. The Morgan fingerprint density at radius 3 is 2.73 bits per heavy atom. The molecule has 1 fully saturated rings. The molecule has 0 spiro atoms. The molecule has 3 atom stereocenters. The summed E-state index contributed by atoms with van der Waals surface area (Å²) in [5, 5.41) is 3.18. The fourth-order valence-corrected chi connectivity index (χ4v) is 1.37. The Morgan fingerprint density at radius 2 is 2.27 bits per heavy atom. The van der Waals surface area contributed by atoms with E-state index in [-0.39, 0.29) is 6.04 Å². The molecular formula is C8H18N2O. The van der Waals surface area contributed by atoms with Crippen molar-refractivity contribution in [3.05, 3.63) is 0 Å². The smallest absolute Gasteiger partial charge is 0.0726 e. The van der Waals surface area contributed by atoms with Crippen LogP contribution in [-0.4, -0.2) is 31.8 Å². The third-order valence-corrected chi connectivity index (χ3v) is 2.36. The number of likely N-dealkylation sites (N-methyl/N-ethyl adjacent to an activating group) is 1. The zero-order chi connectivity index (χ0) is 8.27. The van der Waals surface area contributed by atoms with Crippen LogP contribution in [0.4, 0.5) is 0 Å². The maximum atomic E-state index is 5.69. The molecule has 0 aromatic heterocycles. The summed E-state index contributed by atoms with van der Waals surface area (Å²) in [5.74, 6) is 0. The van der Waals surface area contributed by atoms with Crippen LogP contribution in [-0.2, 0) is 4.74 Å². The van der Waals surface area contributed by atoms with Crippen molar-refractivity contribution in [3.63, 3.8) is 0 Å². The van der Waals surface area contributed by atoms with Crippen LogP contribution in [0.15, 0.2) is 0 Å². The monoisotopic (exact) mass is 158 g/mol. The summed E-state index contributed by atoms with van der Waals surface area (Å²) < 4.78 is 5.56. The molecule has 1 aliphatic rings. The minimum absolute atomic E-state index is 0.260. The number of rotatable bonds is 2. The predicted octanol–water partition coefficient (Wildman–Crippen LogP) is 0.101. The van der Waals surface area contributed by atoms with Gasteiger partial charge >= 0.3 is 0 Å². The highest BCUT2D eigenvalue weighted by molar-refractivity contribution is 4.78. The third-order valence-electron chi connectivity index (χ3n) is 2.36. The number of hydrogen-bond donors (Lipinski definition) is 2. The molecule has 66 valence electrons. The van der Waals surface area contributed by atoms with Crippen LogP contribution in [0.2, 0.25) is 0 Å². The summed E-state index contributed by atoms with van der Waals surface area (Å²) >= 11 is 0. The van der Waals surface area contributed by atoms with Gasteiger partial charge in [0.25, 0.3) is 0 Å². The van der Waals surface area contributed by atoms with Crippen LogP contribution in [0.25, 0.3) is 0 Å². The van der Waals surface area contributed by atoms with Crippen LogP contribution in [0.1, 0.15) is 19.8 Å². The summed E-state index contributed by atoms with van der Waals surface area (Å²) in [6.07, 6.45) is 2.54. The van der Waals surface area contributed by atoms with E-state index in [2.05, 4.69) is 12.2 Å². The van der Waals surface area contributed by atoms with Crippen molar-refractivity contribution in [2.24, 2.45) is 5.73 Å². The van der Waals surface area contributed by atoms with E-state index in [0.29, 0.717) is 12.1 Å². The molecule has 0 aromatic rings. The van der Waals surface area contributed by atoms with Gasteiger partial charge in [0.2, 0.25) is 0 Å². The van der Waals surface area contributed by atoms with Gasteiger partial charge in [0.15, 0.2) is 0 Å². The molecule has 0 bridgehead atoms. The lowest BCUT2D eigenvalue weighted by atomic mass is 10.0. The third kappa shape index (κ3) is 2.43. The molecule has 0 radical (unpaired) electrons. The molecular weight excluding hydrogens is 140 g/mol. The van der Waals surface area contributed by atoms with Crippen LogP contribution in [0.5, 0.6) is 0 Å². The van der Waals surface area contributed by atoms with Crippen molar-refractivity contribution in [1.82, 2.24) is 5.32 Å². The molecule has 3 nitrogen and oxygen atoms in total. The van der Waals surface area contributed by atoms with Crippen molar-refractivity contribution >= 4 is 0 Å². The molecule has 0 amide bonds. The average Bonchev–Trinajstić information content (AvgIpc) is 2.05. The van der Waals surface area contributed by atoms with Gasteiger partial charge in [0.05, 0.1) is 12.7 Å². The van der Waals surface area contributed by atoms with Gasteiger partial charge in [-0.3, -0.25) is 0 Å². The van der Waals surface area contributed by atoms with Crippen molar-refractivity contribution in [2.75, 3.05) is 13.7 Å². The van der Waals surface area contributed by atoms with Crippen LogP contribution in [0.3, 0.4) is 0 Å². The second-order valence-electron chi connectivity index (χ2n) is 3.29. The molecule has 1 saturated heterocycles. The van der Waals surface area contributed by atoms with Gasteiger partial charge in [0.1, 0.15) is 0 Å². The lowest BCUT2D eigenvalue weighted by molar-refractivity contribution is -0.0116. The van der Waals surface area contributed by atoms with Gasteiger partial charge in [-0.1, -0.05) is 0 Å². The fraction of sp³-hybridized carbons (Fsp3) is 1.00. The van der Waals surface area contributed by atoms with E-state index >= 15 is 0 Å². The maximum Gasteiger partial charge on any atom is 0.0726 e. The van der Waals surface area contributed by atoms with E-state index in [1.165, 1.54) is 0 Å². The number of hydrogen-bond acceptors (Lipinski definition) is 3. The quantitative estimate of drug-likeness (QED) is 0.599. The minimum Gasteiger partial charge on any atom is -0.375 e. The second kappa shape index (κ2) is 4.04. The zero-order valence-corrected chi connectivity index (χ0v) is 7.34. The molecule has 0 aliphatic carbocycles. The Hall–Kier alpha value is -0.120. The van der Waals surface area contributed by atoms with Gasteiger partial charge in [0, 0.05) is 12.1 Å². The molecule has 3 N–H and O–H groups in total. The highest BCUT2D eigenvalue weighted by atomic mass is 16.5. The van der Waals surface area contributed by atoms with Crippen molar-refractivity contribution in [3.8, 4) is 0 Å². The Kier molecular flexibility index (Phi) is 3.30. The van der Waals surface area contributed by atoms with Crippen molar-refractivity contribution < 1.29 is 4.74 Å². The summed E-state index contributed by atoms with van der Waals surface area (Å²) in [6.45, 7) is 2.86. The summed E-state index contributed by atoms with van der Waals surface area (Å²) in [7, 11) is 1.96. The molecule has 3 unspecified atom stereocenters. The molecule has 0 saturated carbocycles. The average molecular weight is 158 g/mol. The molecule has 1 aliphatic heterocycles. The fourth-order valence-electron chi connectivity index (χ4n) is 1.37. The van der Waals surface area contributed by atoms with E-state index in [0.717, 1.165) is 19.4 Å². The largest absolute Gasteiger partial charge is 0.375 e. The lowest BCUT2D eigenvalue weighted by Gasteiger charge is -2.30. The normalized spacial score (nSPS) is 35.2. The zero-order valence-electron chi connectivity index (χ0n) is 7.34. The van der Waals surface area contributed by atoms with Crippen LogP contribution >= 0.6 is 0 Å². The van der Waals surface area contributed by atoms with Gasteiger partial charge < -0.3 is 15.8 Å². The Bertz CT molecular complexity index is 111. The number of ether oxygens (including phenoxy) is 1. The van der Waals surface area contributed by atoms with Gasteiger partial charge in [-0.25, -0.2) is 0 Å². The summed E-state index contributed by atoms with van der Waals surface area (Å²) in [5.41, 5.74) is 5.69. The Labute approximate surface area is 68.3 Å². The maximum absolute atomic E-state index is 5.69. The minimum atomic E-state index is 0.260.